The highest BCUT2D eigenvalue weighted by Gasteiger charge is 2.18. The van der Waals surface area contributed by atoms with E-state index < -0.39 is 10.0 Å². The summed E-state index contributed by atoms with van der Waals surface area (Å²) in [5.74, 6) is 0. The molecule has 8 heteroatoms. The molecule has 0 radical (unpaired) electrons. The fourth-order valence-electron chi connectivity index (χ4n) is 1.35. The fraction of sp³-hybridized carbons (Fsp3) is 0.0909. The summed E-state index contributed by atoms with van der Waals surface area (Å²) in [6.45, 7) is -0.0219. The van der Waals surface area contributed by atoms with Crippen LogP contribution in [0.1, 0.15) is 11.3 Å². The first-order valence-corrected chi connectivity index (χ1v) is 6.97. The molecule has 1 aromatic carbocycles. The van der Waals surface area contributed by atoms with Crippen LogP contribution in [0.2, 0.25) is 5.02 Å². The van der Waals surface area contributed by atoms with E-state index in [1.807, 2.05) is 6.07 Å². The summed E-state index contributed by atoms with van der Waals surface area (Å²) in [6, 6.07) is 7.42. The summed E-state index contributed by atoms with van der Waals surface area (Å²) >= 11 is 5.84. The van der Waals surface area contributed by atoms with Gasteiger partial charge >= 0.3 is 0 Å². The normalized spacial score (nSPS) is 11.2. The van der Waals surface area contributed by atoms with Crippen LogP contribution in [0.3, 0.4) is 0 Å². The minimum atomic E-state index is -3.81. The van der Waals surface area contributed by atoms with Crippen molar-refractivity contribution in [3.63, 3.8) is 0 Å². The molecule has 0 unspecified atom stereocenters. The van der Waals surface area contributed by atoms with Crippen molar-refractivity contribution in [2.24, 2.45) is 0 Å². The van der Waals surface area contributed by atoms with Gasteiger partial charge in [-0.1, -0.05) is 16.8 Å². The minimum Gasteiger partial charge on any atom is -0.364 e. The molecule has 2 rings (SSSR count). The van der Waals surface area contributed by atoms with Crippen LogP contribution in [0.15, 0.2) is 39.9 Å². The molecule has 98 valence electrons. The lowest BCUT2D eigenvalue weighted by Crippen LogP contribution is -2.23. The van der Waals surface area contributed by atoms with E-state index in [1.54, 1.807) is 0 Å². The van der Waals surface area contributed by atoms with Gasteiger partial charge < -0.3 is 4.52 Å². The van der Waals surface area contributed by atoms with Crippen molar-refractivity contribution in [3.8, 4) is 6.07 Å². The third kappa shape index (κ3) is 3.12. The van der Waals surface area contributed by atoms with Crippen molar-refractivity contribution in [2.75, 3.05) is 0 Å². The molecule has 0 aliphatic carbocycles. The Kier molecular flexibility index (Phi) is 3.85. The van der Waals surface area contributed by atoms with E-state index in [0.717, 1.165) is 0 Å². The maximum Gasteiger partial charge on any atom is 0.242 e. The fourth-order valence-corrected chi connectivity index (χ4v) is 2.88. The highest BCUT2D eigenvalue weighted by atomic mass is 35.5. The van der Waals surface area contributed by atoms with E-state index in [-0.39, 0.29) is 22.0 Å². The van der Waals surface area contributed by atoms with Gasteiger partial charge in [-0.3, -0.25) is 0 Å². The topological polar surface area (TPSA) is 96.0 Å². The van der Waals surface area contributed by atoms with Gasteiger partial charge in [0.1, 0.15) is 11.2 Å². The Morgan fingerprint density at radius 2 is 2.21 bits per heavy atom. The van der Waals surface area contributed by atoms with Gasteiger partial charge in [0.25, 0.3) is 0 Å². The van der Waals surface area contributed by atoms with Crippen LogP contribution < -0.4 is 4.72 Å². The van der Waals surface area contributed by atoms with Gasteiger partial charge in [-0.15, -0.1) is 0 Å². The van der Waals surface area contributed by atoms with E-state index in [4.69, 9.17) is 16.9 Å². The molecule has 1 N–H and O–H groups in total. The van der Waals surface area contributed by atoms with Crippen molar-refractivity contribution < 1.29 is 12.9 Å². The molecule has 0 aliphatic rings. The summed E-state index contributed by atoms with van der Waals surface area (Å²) in [6.07, 6.45) is 1.34. The maximum absolute atomic E-state index is 12.1. The van der Waals surface area contributed by atoms with Crippen LogP contribution in [-0.4, -0.2) is 13.6 Å². The smallest absolute Gasteiger partial charge is 0.242 e. The number of hydrogen-bond acceptors (Lipinski definition) is 5. The number of nitrogens with one attached hydrogen (secondary N) is 1. The molecule has 0 spiro atoms. The maximum atomic E-state index is 12.1. The molecule has 0 saturated carbocycles. The third-order valence-corrected chi connectivity index (χ3v) is 4.17. The van der Waals surface area contributed by atoms with Gasteiger partial charge in [0.15, 0.2) is 0 Å². The zero-order chi connectivity index (χ0) is 13.9. The summed E-state index contributed by atoms with van der Waals surface area (Å²) in [7, 11) is -3.81. The molecule has 6 nitrogen and oxygen atoms in total. The molecule has 0 saturated heterocycles. The van der Waals surface area contributed by atoms with Gasteiger partial charge in [0.2, 0.25) is 10.0 Å². The highest BCUT2D eigenvalue weighted by Crippen LogP contribution is 2.22. The number of hydrogen-bond donors (Lipinski definition) is 1. The molecule has 0 atom stereocenters. The van der Waals surface area contributed by atoms with E-state index >= 15 is 0 Å². The Hall–Kier alpha value is -1.88. The molecular weight excluding hydrogens is 290 g/mol. The Morgan fingerprint density at radius 3 is 2.84 bits per heavy atom. The monoisotopic (exact) mass is 297 g/mol. The summed E-state index contributed by atoms with van der Waals surface area (Å²) in [4.78, 5) is -0.142. The van der Waals surface area contributed by atoms with E-state index in [1.165, 1.54) is 30.5 Å². The molecule has 1 aromatic heterocycles. The molecule has 1 heterocycles. The first kappa shape index (κ1) is 13.5. The Labute approximate surface area is 114 Å². The SMILES string of the molecule is N#Cc1ccc(Cl)c(S(=O)(=O)NCc2ccon2)c1. The number of halogens is 1. The minimum absolute atomic E-state index is 0.0219. The van der Waals surface area contributed by atoms with Crippen molar-refractivity contribution in [1.29, 1.82) is 5.26 Å². The molecule has 0 fully saturated rings. The number of aromatic nitrogens is 1. The Morgan fingerprint density at radius 1 is 1.42 bits per heavy atom. The van der Waals surface area contributed by atoms with Crippen molar-refractivity contribution in [2.45, 2.75) is 11.4 Å². The molecule has 0 bridgehead atoms. The van der Waals surface area contributed by atoms with Crippen molar-refractivity contribution in [1.82, 2.24) is 9.88 Å². The summed E-state index contributed by atoms with van der Waals surface area (Å²) < 4.78 is 31.0. The van der Waals surface area contributed by atoms with Crippen LogP contribution in [0.5, 0.6) is 0 Å². The standard InChI is InChI=1S/C11H8ClN3O3S/c12-10-2-1-8(6-13)5-11(10)19(16,17)14-7-9-3-4-18-15-9/h1-5,14H,7H2. The molecule has 2 aromatic rings. The second-order valence-electron chi connectivity index (χ2n) is 3.57. The second-order valence-corrected chi connectivity index (χ2v) is 5.71. The van der Waals surface area contributed by atoms with Gasteiger partial charge in [-0.2, -0.15) is 5.26 Å². The number of nitrogens with zero attached hydrogens (tertiary/aromatic N) is 2. The first-order valence-electron chi connectivity index (χ1n) is 5.11. The van der Waals surface area contributed by atoms with Crippen LogP contribution >= 0.6 is 11.6 Å². The van der Waals surface area contributed by atoms with Gasteiger partial charge in [0.05, 0.1) is 28.9 Å². The van der Waals surface area contributed by atoms with Gasteiger partial charge in [0, 0.05) is 6.07 Å². The zero-order valence-corrected chi connectivity index (χ0v) is 11.1. The van der Waals surface area contributed by atoms with Crippen LogP contribution in [-0.2, 0) is 16.6 Å². The predicted molar refractivity (Wildman–Crippen MR) is 66.7 cm³/mol. The number of sulfonamides is 1. The molecule has 19 heavy (non-hydrogen) atoms. The molecule has 0 amide bonds. The number of nitriles is 1. The lowest BCUT2D eigenvalue weighted by molar-refractivity contribution is 0.411. The van der Waals surface area contributed by atoms with Gasteiger partial charge in [-0.05, 0) is 18.2 Å². The lowest BCUT2D eigenvalue weighted by Gasteiger charge is -2.07. The zero-order valence-electron chi connectivity index (χ0n) is 9.50. The predicted octanol–water partition coefficient (Wildman–Crippen LogP) is 1.68. The Balaban J connectivity index is 2.27. The van der Waals surface area contributed by atoms with E-state index in [2.05, 4.69) is 14.4 Å². The second kappa shape index (κ2) is 5.40. The van der Waals surface area contributed by atoms with E-state index in [0.29, 0.717) is 5.69 Å². The molecule has 0 aliphatic heterocycles. The number of benzene rings is 1. The Bertz CT molecular complexity index is 720. The quantitative estimate of drug-likeness (QED) is 0.926. The largest absolute Gasteiger partial charge is 0.364 e. The van der Waals surface area contributed by atoms with Crippen molar-refractivity contribution >= 4 is 21.6 Å². The van der Waals surface area contributed by atoms with Crippen LogP contribution in [0.25, 0.3) is 0 Å². The summed E-state index contributed by atoms with van der Waals surface area (Å²) in [5.41, 5.74) is 0.655. The van der Waals surface area contributed by atoms with E-state index in [9.17, 15) is 8.42 Å². The first-order chi connectivity index (χ1) is 9.03. The van der Waals surface area contributed by atoms with Crippen LogP contribution in [0.4, 0.5) is 0 Å². The van der Waals surface area contributed by atoms with Crippen LogP contribution in [0, 0.1) is 11.3 Å². The third-order valence-electron chi connectivity index (χ3n) is 2.28. The highest BCUT2D eigenvalue weighted by molar-refractivity contribution is 7.89. The average Bonchev–Trinajstić information content (AvgIpc) is 2.90. The molecular formula is C11H8ClN3O3S. The lowest BCUT2D eigenvalue weighted by atomic mass is 10.2. The number of rotatable bonds is 4. The van der Waals surface area contributed by atoms with Gasteiger partial charge in [-0.25, -0.2) is 13.1 Å². The van der Waals surface area contributed by atoms with Crippen molar-refractivity contribution in [3.05, 3.63) is 46.8 Å². The average molecular weight is 298 g/mol. The summed E-state index contributed by atoms with van der Waals surface area (Å²) in [5, 5.41) is 12.4.